The topological polar surface area (TPSA) is 49.3 Å². The van der Waals surface area contributed by atoms with Crippen molar-refractivity contribution in [3.8, 4) is 0 Å². The first-order valence-electron chi connectivity index (χ1n) is 9.66. The number of rotatable bonds is 0. The van der Waals surface area contributed by atoms with Crippen molar-refractivity contribution in [3.05, 3.63) is 0 Å². The van der Waals surface area contributed by atoms with E-state index in [9.17, 15) is 9.90 Å². The van der Waals surface area contributed by atoms with Crippen molar-refractivity contribution < 1.29 is 9.90 Å². The summed E-state index contributed by atoms with van der Waals surface area (Å²) >= 11 is 0. The van der Waals surface area contributed by atoms with Crippen LogP contribution in [0.5, 0.6) is 0 Å². The predicted octanol–water partition coefficient (Wildman–Crippen LogP) is 3.50. The number of amides is 1. The highest BCUT2D eigenvalue weighted by atomic mass is 16.3. The Kier molecular flexibility index (Phi) is 3.28. The third kappa shape index (κ3) is 2.01. The van der Waals surface area contributed by atoms with Gasteiger partial charge in [-0.2, -0.15) is 0 Å². The third-order valence-corrected chi connectivity index (χ3v) is 8.63. The SMILES string of the molecule is CC1(C)CC(O)[C@@]2(C)CC[C@@H]3[C@@H](CCC4NC(=O)CC[C@@]43C)[C@H]12. The Labute approximate surface area is 140 Å². The molecule has 0 radical (unpaired) electrons. The van der Waals surface area contributed by atoms with Gasteiger partial charge >= 0.3 is 0 Å². The summed E-state index contributed by atoms with van der Waals surface area (Å²) in [6.45, 7) is 9.55. The standard InChI is InChI=1S/C20H33NO2/c1-18(2)11-15(22)20(4)9-7-13-12(17(18)20)5-6-14-19(13,3)10-8-16(23)21-14/h12-15,17,22H,5-11H2,1-4H3,(H,21,23)/t12-,13-,14?,15?,17-,19-,20-/m1/s1. The highest BCUT2D eigenvalue weighted by Gasteiger charge is 2.64. The molecule has 0 aromatic carbocycles. The number of aliphatic hydroxyl groups excluding tert-OH is 1. The molecule has 3 heteroatoms. The van der Waals surface area contributed by atoms with Gasteiger partial charge in [-0.05, 0) is 72.5 Å². The molecule has 3 nitrogen and oxygen atoms in total. The number of carbonyl (C=O) groups excluding carboxylic acids is 1. The van der Waals surface area contributed by atoms with Crippen molar-refractivity contribution in [3.63, 3.8) is 0 Å². The van der Waals surface area contributed by atoms with Crippen molar-refractivity contribution in [1.29, 1.82) is 0 Å². The molecule has 0 aromatic rings. The average Bonchev–Trinajstić information content (AvgIpc) is 2.65. The summed E-state index contributed by atoms with van der Waals surface area (Å²) in [6, 6.07) is 0.379. The molecule has 2 N–H and O–H groups in total. The van der Waals surface area contributed by atoms with Crippen LogP contribution in [-0.4, -0.2) is 23.2 Å². The second-order valence-corrected chi connectivity index (χ2v) is 10.2. The number of hydrogen-bond donors (Lipinski definition) is 2. The summed E-state index contributed by atoms with van der Waals surface area (Å²) in [5, 5.41) is 14.1. The van der Waals surface area contributed by atoms with E-state index in [-0.39, 0.29) is 28.3 Å². The first-order valence-corrected chi connectivity index (χ1v) is 9.66. The Morgan fingerprint density at radius 2 is 1.78 bits per heavy atom. The minimum absolute atomic E-state index is 0.103. The maximum atomic E-state index is 11.9. The Morgan fingerprint density at radius 1 is 1.04 bits per heavy atom. The van der Waals surface area contributed by atoms with Crippen LogP contribution in [0.4, 0.5) is 0 Å². The van der Waals surface area contributed by atoms with Crippen molar-refractivity contribution in [2.24, 2.45) is 34.0 Å². The van der Waals surface area contributed by atoms with E-state index in [2.05, 4.69) is 33.0 Å². The van der Waals surface area contributed by atoms with Gasteiger partial charge in [0, 0.05) is 12.5 Å². The summed E-state index contributed by atoms with van der Waals surface area (Å²) in [7, 11) is 0. The minimum Gasteiger partial charge on any atom is -0.393 e. The zero-order valence-corrected chi connectivity index (χ0v) is 15.2. The lowest BCUT2D eigenvalue weighted by Crippen LogP contribution is -2.62. The van der Waals surface area contributed by atoms with Gasteiger partial charge in [0.05, 0.1) is 6.10 Å². The molecule has 23 heavy (non-hydrogen) atoms. The number of hydrogen-bond acceptors (Lipinski definition) is 2. The van der Waals surface area contributed by atoms with Crippen LogP contribution in [0.15, 0.2) is 0 Å². The Balaban J connectivity index is 1.70. The molecule has 0 spiro atoms. The molecule has 0 bridgehead atoms. The fraction of sp³-hybridized carbons (Fsp3) is 0.950. The number of nitrogens with one attached hydrogen (secondary N) is 1. The zero-order chi connectivity index (χ0) is 16.6. The highest BCUT2D eigenvalue weighted by molar-refractivity contribution is 5.77. The number of piperidine rings is 1. The van der Waals surface area contributed by atoms with Crippen LogP contribution in [0.1, 0.15) is 72.6 Å². The van der Waals surface area contributed by atoms with Gasteiger partial charge in [0.25, 0.3) is 0 Å². The fourth-order valence-electron chi connectivity index (χ4n) is 7.64. The smallest absolute Gasteiger partial charge is 0.220 e. The lowest BCUT2D eigenvalue weighted by Gasteiger charge is -2.61. The van der Waals surface area contributed by atoms with E-state index >= 15 is 0 Å². The molecule has 0 aromatic heterocycles. The molecule has 3 aliphatic carbocycles. The normalized spacial score (nSPS) is 54.7. The van der Waals surface area contributed by atoms with Gasteiger partial charge in [-0.15, -0.1) is 0 Å². The van der Waals surface area contributed by atoms with E-state index in [1.54, 1.807) is 0 Å². The summed E-state index contributed by atoms with van der Waals surface area (Å²) in [5.74, 6) is 2.31. The van der Waals surface area contributed by atoms with E-state index in [0.29, 0.717) is 24.3 Å². The Morgan fingerprint density at radius 3 is 2.52 bits per heavy atom. The van der Waals surface area contributed by atoms with Crippen LogP contribution >= 0.6 is 0 Å². The molecular weight excluding hydrogens is 286 g/mol. The van der Waals surface area contributed by atoms with Crippen molar-refractivity contribution in [2.45, 2.75) is 84.8 Å². The van der Waals surface area contributed by atoms with E-state index in [1.807, 2.05) is 0 Å². The Hall–Kier alpha value is -0.570. The maximum Gasteiger partial charge on any atom is 0.220 e. The lowest BCUT2D eigenvalue weighted by atomic mass is 9.45. The van der Waals surface area contributed by atoms with Crippen LogP contribution < -0.4 is 5.32 Å². The number of fused-ring (bicyclic) bond motifs is 5. The van der Waals surface area contributed by atoms with Crippen molar-refractivity contribution in [2.75, 3.05) is 0 Å². The third-order valence-electron chi connectivity index (χ3n) is 8.63. The first kappa shape index (κ1) is 15.9. The molecule has 4 aliphatic rings. The van der Waals surface area contributed by atoms with E-state index < -0.39 is 0 Å². The molecule has 2 unspecified atom stereocenters. The van der Waals surface area contributed by atoms with Gasteiger partial charge in [0.1, 0.15) is 0 Å². The van der Waals surface area contributed by atoms with E-state index in [4.69, 9.17) is 0 Å². The van der Waals surface area contributed by atoms with Gasteiger partial charge in [-0.1, -0.05) is 27.7 Å². The summed E-state index contributed by atoms with van der Waals surface area (Å²) in [4.78, 5) is 11.9. The second kappa shape index (κ2) is 4.74. The van der Waals surface area contributed by atoms with Crippen LogP contribution in [0, 0.1) is 34.0 Å². The molecule has 7 atom stereocenters. The fourth-order valence-corrected chi connectivity index (χ4v) is 7.64. The predicted molar refractivity (Wildman–Crippen MR) is 90.7 cm³/mol. The molecule has 4 rings (SSSR count). The first-order chi connectivity index (χ1) is 10.7. The Bertz CT molecular complexity index is 530. The molecule has 130 valence electrons. The monoisotopic (exact) mass is 319 g/mol. The molecular formula is C20H33NO2. The quantitative estimate of drug-likeness (QED) is 0.718. The molecule has 1 amide bonds. The average molecular weight is 319 g/mol. The van der Waals surface area contributed by atoms with Gasteiger partial charge in [0.15, 0.2) is 0 Å². The van der Waals surface area contributed by atoms with E-state index in [1.165, 1.54) is 12.8 Å². The van der Waals surface area contributed by atoms with Gasteiger partial charge in [0.2, 0.25) is 5.91 Å². The molecule has 1 saturated heterocycles. The van der Waals surface area contributed by atoms with E-state index in [0.717, 1.165) is 31.6 Å². The van der Waals surface area contributed by atoms with Crippen molar-refractivity contribution in [1.82, 2.24) is 5.32 Å². The van der Waals surface area contributed by atoms with Gasteiger partial charge in [-0.25, -0.2) is 0 Å². The van der Waals surface area contributed by atoms with Crippen LogP contribution in [0.2, 0.25) is 0 Å². The van der Waals surface area contributed by atoms with Gasteiger partial charge in [-0.3, -0.25) is 4.79 Å². The molecule has 4 fully saturated rings. The highest BCUT2D eigenvalue weighted by Crippen LogP contribution is 2.68. The number of carbonyl (C=O) groups is 1. The molecule has 3 saturated carbocycles. The lowest BCUT2D eigenvalue weighted by molar-refractivity contribution is -0.143. The van der Waals surface area contributed by atoms with Crippen LogP contribution in [-0.2, 0) is 4.79 Å². The second-order valence-electron chi connectivity index (χ2n) is 10.2. The molecule has 1 heterocycles. The van der Waals surface area contributed by atoms with Crippen LogP contribution in [0.25, 0.3) is 0 Å². The summed E-state index contributed by atoms with van der Waals surface area (Å²) in [5.41, 5.74) is 0.603. The van der Waals surface area contributed by atoms with Crippen LogP contribution in [0.3, 0.4) is 0 Å². The summed E-state index contributed by atoms with van der Waals surface area (Å²) in [6.07, 6.45) is 7.30. The van der Waals surface area contributed by atoms with Crippen molar-refractivity contribution >= 4 is 5.91 Å². The maximum absolute atomic E-state index is 11.9. The largest absolute Gasteiger partial charge is 0.393 e. The minimum atomic E-state index is -0.139. The van der Waals surface area contributed by atoms with Gasteiger partial charge < -0.3 is 10.4 Å². The molecule has 1 aliphatic heterocycles. The zero-order valence-electron chi connectivity index (χ0n) is 15.2. The number of aliphatic hydroxyl groups is 1. The summed E-state index contributed by atoms with van der Waals surface area (Å²) < 4.78 is 0.